The zero-order valence-corrected chi connectivity index (χ0v) is 9.97. The highest BCUT2D eigenvalue weighted by Gasteiger charge is 2.47. The molecular weight excluding hydrogens is 256 g/mol. The molecule has 1 fully saturated rings. The topological polar surface area (TPSA) is 32.3 Å². The van der Waals surface area contributed by atoms with E-state index in [2.05, 4.69) is 28.2 Å². The smallest absolute Gasteiger partial charge is 0.229 e. The van der Waals surface area contributed by atoms with Crippen molar-refractivity contribution in [1.82, 2.24) is 0 Å². The van der Waals surface area contributed by atoms with Crippen LogP contribution >= 0.6 is 15.9 Å². The Morgan fingerprint density at radius 3 is 3.13 bits per heavy atom. The Hall–Kier alpha value is -1.03. The molecule has 0 spiro atoms. The molecule has 15 heavy (non-hydrogen) atoms. The second-order valence-corrected chi connectivity index (χ2v) is 5.21. The third-order valence-corrected chi connectivity index (χ3v) is 3.67. The second-order valence-electron chi connectivity index (χ2n) is 4.29. The zero-order valence-electron chi connectivity index (χ0n) is 8.38. The molecule has 2 aliphatic rings. The van der Waals surface area contributed by atoms with E-state index >= 15 is 0 Å². The number of fused-ring (bicyclic) bond motifs is 3. The molecule has 0 saturated carbocycles. The fourth-order valence-electron chi connectivity index (χ4n) is 2.46. The summed E-state index contributed by atoms with van der Waals surface area (Å²) in [5.41, 5.74) is 1.84. The van der Waals surface area contributed by atoms with Crippen molar-refractivity contribution in [3.8, 4) is 0 Å². The van der Waals surface area contributed by atoms with Crippen LogP contribution in [0.4, 0.5) is 11.4 Å². The lowest BCUT2D eigenvalue weighted by Crippen LogP contribution is -2.44. The Morgan fingerprint density at radius 1 is 1.53 bits per heavy atom. The third kappa shape index (κ3) is 1.14. The van der Waals surface area contributed by atoms with Crippen LogP contribution in [0.2, 0.25) is 0 Å². The van der Waals surface area contributed by atoms with Crippen LogP contribution in [0, 0.1) is 0 Å². The summed E-state index contributed by atoms with van der Waals surface area (Å²) in [5.74, 6) is 0.214. The fourth-order valence-corrected chi connectivity index (χ4v) is 2.82. The molecule has 0 radical (unpaired) electrons. The second kappa shape index (κ2) is 2.76. The van der Waals surface area contributed by atoms with E-state index in [4.69, 9.17) is 0 Å². The van der Waals surface area contributed by atoms with Gasteiger partial charge < -0.3 is 5.32 Å². The number of halogens is 1. The summed E-state index contributed by atoms with van der Waals surface area (Å²) in [7, 11) is 0. The summed E-state index contributed by atoms with van der Waals surface area (Å²) in [4.78, 5) is 13.7. The Kier molecular flexibility index (Phi) is 1.69. The molecule has 78 valence electrons. The average Bonchev–Trinajstić information content (AvgIpc) is 2.60. The molecule has 0 aromatic heterocycles. The minimum Gasteiger partial charge on any atom is -0.361 e. The van der Waals surface area contributed by atoms with Gasteiger partial charge in [-0.25, -0.2) is 0 Å². The van der Waals surface area contributed by atoms with Crippen LogP contribution < -0.4 is 10.2 Å². The van der Waals surface area contributed by atoms with Gasteiger partial charge >= 0.3 is 0 Å². The van der Waals surface area contributed by atoms with Crippen LogP contribution in [0.5, 0.6) is 0 Å². The van der Waals surface area contributed by atoms with Crippen LogP contribution in [0.25, 0.3) is 0 Å². The molecule has 1 unspecified atom stereocenters. The van der Waals surface area contributed by atoms with E-state index in [9.17, 15) is 4.79 Å². The van der Waals surface area contributed by atoms with E-state index in [0.717, 1.165) is 22.3 Å². The molecule has 2 heterocycles. The number of carbonyl (C=O) groups is 1. The molecule has 1 N–H and O–H groups in total. The molecule has 1 saturated heterocycles. The number of anilines is 2. The number of hydrogen-bond acceptors (Lipinski definition) is 2. The van der Waals surface area contributed by atoms with Crippen molar-refractivity contribution in [1.29, 1.82) is 0 Å². The molecular formula is C11H11BrN2O. The Labute approximate surface area is 96.6 Å². The summed E-state index contributed by atoms with van der Waals surface area (Å²) in [5, 5.41) is 3.42. The average molecular weight is 267 g/mol. The zero-order chi connectivity index (χ0) is 10.6. The molecule has 3 nitrogen and oxygen atoms in total. The van der Waals surface area contributed by atoms with Gasteiger partial charge in [-0.2, -0.15) is 0 Å². The Morgan fingerprint density at radius 2 is 2.33 bits per heavy atom. The fraction of sp³-hybridized carbons (Fsp3) is 0.364. The van der Waals surface area contributed by atoms with Crippen molar-refractivity contribution in [2.45, 2.75) is 25.4 Å². The normalized spacial score (nSPS) is 27.6. The lowest BCUT2D eigenvalue weighted by molar-refractivity contribution is -0.117. The number of hydrogen-bond donors (Lipinski definition) is 1. The predicted octanol–water partition coefficient (Wildman–Crippen LogP) is 2.72. The van der Waals surface area contributed by atoms with Crippen molar-refractivity contribution in [3.05, 3.63) is 22.7 Å². The maximum absolute atomic E-state index is 11.8. The lowest BCUT2D eigenvalue weighted by atomic mass is 10.1. The highest BCUT2D eigenvalue weighted by atomic mass is 79.9. The van der Waals surface area contributed by atoms with Crippen molar-refractivity contribution in [3.63, 3.8) is 0 Å². The van der Waals surface area contributed by atoms with Gasteiger partial charge in [0.1, 0.15) is 5.66 Å². The minimum atomic E-state index is -0.208. The van der Waals surface area contributed by atoms with Crippen molar-refractivity contribution in [2.24, 2.45) is 0 Å². The number of carbonyl (C=O) groups excluding carboxylic acids is 1. The quantitative estimate of drug-likeness (QED) is 0.783. The highest BCUT2D eigenvalue weighted by Crippen LogP contribution is 2.46. The van der Waals surface area contributed by atoms with Crippen LogP contribution in [0.15, 0.2) is 22.7 Å². The number of nitrogens with zero attached hydrogens (tertiary/aromatic N) is 1. The molecule has 0 aliphatic carbocycles. The van der Waals surface area contributed by atoms with Crippen LogP contribution in [-0.4, -0.2) is 11.6 Å². The predicted molar refractivity (Wildman–Crippen MR) is 62.9 cm³/mol. The first-order valence-electron chi connectivity index (χ1n) is 5.01. The molecule has 0 bridgehead atoms. The maximum Gasteiger partial charge on any atom is 0.229 e. The van der Waals surface area contributed by atoms with Gasteiger partial charge in [-0.3, -0.25) is 9.69 Å². The number of benzene rings is 1. The molecule has 2 aliphatic heterocycles. The van der Waals surface area contributed by atoms with E-state index < -0.39 is 0 Å². The third-order valence-electron chi connectivity index (χ3n) is 3.17. The van der Waals surface area contributed by atoms with Gasteiger partial charge in [0, 0.05) is 10.9 Å². The van der Waals surface area contributed by atoms with Crippen molar-refractivity contribution < 1.29 is 4.79 Å². The standard InChI is InChI=1S/C11H11BrN2O/c1-11-5-4-10(15)14(11)9-3-2-7(12)6-8(9)13-11/h2-3,6,13H,4-5H2,1H3. The lowest BCUT2D eigenvalue weighted by Gasteiger charge is -2.27. The van der Waals surface area contributed by atoms with Gasteiger partial charge in [-0.1, -0.05) is 15.9 Å². The van der Waals surface area contributed by atoms with Gasteiger partial charge in [0.25, 0.3) is 0 Å². The van der Waals surface area contributed by atoms with E-state index in [1.54, 1.807) is 0 Å². The van der Waals surface area contributed by atoms with Gasteiger partial charge in [0.15, 0.2) is 0 Å². The molecule has 1 atom stereocenters. The van der Waals surface area contributed by atoms with E-state index in [0.29, 0.717) is 6.42 Å². The van der Waals surface area contributed by atoms with Crippen molar-refractivity contribution in [2.75, 3.05) is 10.2 Å². The van der Waals surface area contributed by atoms with Crippen LogP contribution in [0.3, 0.4) is 0 Å². The summed E-state index contributed by atoms with van der Waals surface area (Å²) < 4.78 is 1.03. The van der Waals surface area contributed by atoms with Gasteiger partial charge in [0.2, 0.25) is 5.91 Å². The maximum atomic E-state index is 11.8. The summed E-state index contributed by atoms with van der Waals surface area (Å²) in [6, 6.07) is 5.98. The molecule has 1 aromatic rings. The first kappa shape index (κ1) is 9.21. The minimum absolute atomic E-state index is 0.208. The number of nitrogens with one attached hydrogen (secondary N) is 1. The van der Waals surface area contributed by atoms with E-state index in [-0.39, 0.29) is 11.6 Å². The van der Waals surface area contributed by atoms with Gasteiger partial charge in [0.05, 0.1) is 11.4 Å². The van der Waals surface area contributed by atoms with Crippen molar-refractivity contribution >= 4 is 33.2 Å². The Balaban J connectivity index is 2.16. The van der Waals surface area contributed by atoms with E-state index in [1.165, 1.54) is 0 Å². The molecule has 4 heteroatoms. The number of amides is 1. The SMILES string of the molecule is CC12CCC(=O)N1c1ccc(Br)cc1N2. The monoisotopic (exact) mass is 266 g/mol. The van der Waals surface area contributed by atoms with Gasteiger partial charge in [-0.15, -0.1) is 0 Å². The molecule has 1 amide bonds. The number of rotatable bonds is 0. The summed E-state index contributed by atoms with van der Waals surface area (Å²) in [6.45, 7) is 2.08. The first-order chi connectivity index (χ1) is 7.10. The largest absolute Gasteiger partial charge is 0.361 e. The summed E-state index contributed by atoms with van der Waals surface area (Å²) in [6.07, 6.45) is 1.51. The summed E-state index contributed by atoms with van der Waals surface area (Å²) >= 11 is 3.43. The van der Waals surface area contributed by atoms with E-state index in [1.807, 2.05) is 23.1 Å². The molecule has 1 aromatic carbocycles. The first-order valence-corrected chi connectivity index (χ1v) is 5.80. The highest BCUT2D eigenvalue weighted by molar-refractivity contribution is 9.10. The van der Waals surface area contributed by atoms with Gasteiger partial charge in [-0.05, 0) is 31.5 Å². The van der Waals surface area contributed by atoms with Crippen LogP contribution in [-0.2, 0) is 4.79 Å². The Bertz CT molecular complexity index is 460. The molecule has 3 rings (SSSR count). The van der Waals surface area contributed by atoms with Crippen LogP contribution in [0.1, 0.15) is 19.8 Å².